The first-order valence-corrected chi connectivity index (χ1v) is 23.1. The van der Waals surface area contributed by atoms with Crippen LogP contribution in [0.3, 0.4) is 0 Å². The van der Waals surface area contributed by atoms with E-state index in [0.717, 1.165) is 84.3 Å². The molecule has 66 heavy (non-hydrogen) atoms. The van der Waals surface area contributed by atoms with Gasteiger partial charge in [0, 0.05) is 71.9 Å². The van der Waals surface area contributed by atoms with Crippen LogP contribution >= 0.6 is 11.8 Å². The second-order valence-corrected chi connectivity index (χ2v) is 18.4. The Morgan fingerprint density at radius 2 is 0.833 bits per heavy atom. The normalized spacial score (nSPS) is 13.9. The lowest BCUT2D eigenvalue weighted by Crippen LogP contribution is -2.32. The molecular weight excluding hydrogens is 827 g/mol. The number of para-hydroxylation sites is 5. The lowest BCUT2D eigenvalue weighted by atomic mass is 9.66. The van der Waals surface area contributed by atoms with E-state index < -0.39 is 5.41 Å². The first-order valence-electron chi connectivity index (χ1n) is 22.3. The average Bonchev–Trinajstić information content (AvgIpc) is 4.00. The van der Waals surface area contributed by atoms with Crippen molar-refractivity contribution in [1.82, 2.24) is 19.1 Å². The van der Waals surface area contributed by atoms with Crippen molar-refractivity contribution in [2.45, 2.75) is 15.2 Å². The smallest absolute Gasteiger partial charge is 0.132 e. The van der Waals surface area contributed by atoms with E-state index in [1.165, 1.54) is 42.7 Å². The number of anilines is 3. The Balaban J connectivity index is 0.977. The summed E-state index contributed by atoms with van der Waals surface area (Å²) in [5.41, 5.74) is 15.5. The molecule has 0 unspecified atom stereocenters. The second kappa shape index (κ2) is 13.3. The molecule has 7 heteroatoms. The van der Waals surface area contributed by atoms with Crippen LogP contribution in [0.4, 0.5) is 17.1 Å². The molecule has 308 valence electrons. The number of aromatic nitrogens is 4. The Bertz CT molecular complexity index is 3910. The van der Waals surface area contributed by atoms with Gasteiger partial charge in [-0.25, -0.2) is 0 Å². The maximum absolute atomic E-state index is 7.06. The van der Waals surface area contributed by atoms with Crippen LogP contribution in [0.25, 0.3) is 66.4 Å². The molecule has 0 amide bonds. The molecule has 2 aliphatic heterocycles. The van der Waals surface area contributed by atoms with Crippen LogP contribution in [0.5, 0.6) is 11.5 Å². The van der Waals surface area contributed by atoms with Crippen molar-refractivity contribution in [2.24, 2.45) is 0 Å². The van der Waals surface area contributed by atoms with E-state index in [0.29, 0.717) is 0 Å². The third-order valence-corrected chi connectivity index (χ3v) is 15.2. The number of fused-ring (bicyclic) bond motifs is 17. The molecule has 0 N–H and O–H groups in total. The maximum atomic E-state index is 7.06. The highest BCUT2D eigenvalue weighted by molar-refractivity contribution is 7.99. The standard InChI is InChI=1S/C59H35N5OS/c1-4-18-47-39(13-1)40-14-2-5-19-48(40)62(47)37-26-29-53-45(34-37)59(43-16-11-31-60-57(43)58-44(59)17-12-32-61-58)46-35-38(27-30-54(46)65-53)63-49-20-6-3-15-41(49)42-33-36(25-28-50(42)63)64-51-21-7-9-23-55(51)66-56-24-10-8-22-52(56)64/h1-35H. The third-order valence-electron chi connectivity index (χ3n) is 14.0. The van der Waals surface area contributed by atoms with Gasteiger partial charge in [0.25, 0.3) is 0 Å². The maximum Gasteiger partial charge on any atom is 0.132 e. The van der Waals surface area contributed by atoms with E-state index in [2.05, 4.69) is 214 Å². The molecule has 0 saturated carbocycles. The van der Waals surface area contributed by atoms with Crippen LogP contribution in [0, 0.1) is 0 Å². The minimum Gasteiger partial charge on any atom is -0.457 e. The van der Waals surface area contributed by atoms with Gasteiger partial charge in [0.1, 0.15) is 11.5 Å². The number of nitrogens with zero attached hydrogens (tertiary/aromatic N) is 5. The lowest BCUT2D eigenvalue weighted by Gasteiger charge is -2.39. The van der Waals surface area contributed by atoms with Gasteiger partial charge in [0.2, 0.25) is 0 Å². The van der Waals surface area contributed by atoms with Gasteiger partial charge in [0.15, 0.2) is 0 Å². The van der Waals surface area contributed by atoms with Crippen LogP contribution in [0.15, 0.2) is 222 Å². The van der Waals surface area contributed by atoms with Gasteiger partial charge in [-0.1, -0.05) is 103 Å². The summed E-state index contributed by atoms with van der Waals surface area (Å²) in [6.45, 7) is 0. The van der Waals surface area contributed by atoms with Gasteiger partial charge in [-0.05, 0) is 120 Å². The summed E-state index contributed by atoms with van der Waals surface area (Å²) in [6.07, 6.45) is 3.77. The molecule has 0 bridgehead atoms. The summed E-state index contributed by atoms with van der Waals surface area (Å²) in [5, 5.41) is 4.82. The summed E-state index contributed by atoms with van der Waals surface area (Å²) < 4.78 is 11.9. The average molecular weight is 862 g/mol. The molecule has 15 rings (SSSR count). The van der Waals surface area contributed by atoms with Crippen molar-refractivity contribution in [3.63, 3.8) is 0 Å². The Morgan fingerprint density at radius 3 is 1.38 bits per heavy atom. The molecular formula is C59H35N5OS. The summed E-state index contributed by atoms with van der Waals surface area (Å²) in [5.74, 6) is 1.63. The molecule has 12 aromatic rings. The topological polar surface area (TPSA) is 48.1 Å². The van der Waals surface area contributed by atoms with Crippen molar-refractivity contribution in [2.75, 3.05) is 4.90 Å². The zero-order chi connectivity index (χ0) is 43.1. The minimum absolute atomic E-state index is 0.792. The van der Waals surface area contributed by atoms with E-state index in [-0.39, 0.29) is 0 Å². The van der Waals surface area contributed by atoms with Gasteiger partial charge in [-0.15, -0.1) is 0 Å². The molecule has 6 nitrogen and oxygen atoms in total. The number of ether oxygens (including phenoxy) is 1. The fraction of sp³-hybridized carbons (Fsp3) is 0.0169. The van der Waals surface area contributed by atoms with Crippen molar-refractivity contribution < 1.29 is 4.74 Å². The Morgan fingerprint density at radius 1 is 0.379 bits per heavy atom. The van der Waals surface area contributed by atoms with Gasteiger partial charge >= 0.3 is 0 Å². The summed E-state index contributed by atoms with van der Waals surface area (Å²) >= 11 is 1.83. The monoisotopic (exact) mass is 861 g/mol. The number of hydrogen-bond acceptors (Lipinski definition) is 5. The highest BCUT2D eigenvalue weighted by Crippen LogP contribution is 2.62. The predicted molar refractivity (Wildman–Crippen MR) is 267 cm³/mol. The van der Waals surface area contributed by atoms with Gasteiger partial charge in [0.05, 0.1) is 50.2 Å². The summed E-state index contributed by atoms with van der Waals surface area (Å²) in [7, 11) is 0. The Kier molecular flexibility index (Phi) is 7.27. The van der Waals surface area contributed by atoms with E-state index in [1.807, 2.05) is 24.2 Å². The molecule has 6 heterocycles. The molecule has 0 atom stereocenters. The zero-order valence-corrected chi connectivity index (χ0v) is 36.1. The number of hydrogen-bond donors (Lipinski definition) is 0. The van der Waals surface area contributed by atoms with E-state index in [9.17, 15) is 0 Å². The van der Waals surface area contributed by atoms with Gasteiger partial charge in [-0.3, -0.25) is 9.97 Å². The lowest BCUT2D eigenvalue weighted by molar-refractivity contribution is 0.436. The van der Waals surface area contributed by atoms with Crippen LogP contribution in [0.1, 0.15) is 22.3 Å². The fourth-order valence-electron chi connectivity index (χ4n) is 11.4. The highest BCUT2D eigenvalue weighted by atomic mass is 32.2. The molecule has 0 saturated heterocycles. The van der Waals surface area contributed by atoms with Crippen molar-refractivity contribution in [3.8, 4) is 34.3 Å². The Labute approximate surface area is 383 Å². The highest BCUT2D eigenvalue weighted by Gasteiger charge is 2.53. The van der Waals surface area contributed by atoms with Gasteiger partial charge in [-0.2, -0.15) is 0 Å². The number of pyridine rings is 2. The number of benzene rings is 8. The molecule has 3 aliphatic rings. The molecule has 8 aromatic carbocycles. The van der Waals surface area contributed by atoms with E-state index in [1.54, 1.807) is 0 Å². The quantitative estimate of drug-likeness (QED) is 0.177. The Hall–Kier alpha value is -8.39. The van der Waals surface area contributed by atoms with Crippen molar-refractivity contribution >= 4 is 72.4 Å². The second-order valence-electron chi connectivity index (χ2n) is 17.3. The van der Waals surface area contributed by atoms with Crippen LogP contribution in [0.2, 0.25) is 0 Å². The number of rotatable bonds is 3. The summed E-state index contributed by atoms with van der Waals surface area (Å²) in [6, 6.07) is 72.5. The SMILES string of the molecule is c1ccc2c(c1)Sc1ccccc1N2c1ccc2c(c1)c1ccccc1n2-c1ccc2c(c1)C1(c3cc(-n4c5ccccc5c5ccccc54)ccc3O2)c2cccnc2-c2ncccc21. The van der Waals surface area contributed by atoms with Crippen LogP contribution < -0.4 is 9.64 Å². The fourth-order valence-corrected chi connectivity index (χ4v) is 12.5. The first-order chi connectivity index (χ1) is 32.7. The first kappa shape index (κ1) is 36.0. The molecule has 0 radical (unpaired) electrons. The molecule has 4 aromatic heterocycles. The molecule has 1 spiro atoms. The zero-order valence-electron chi connectivity index (χ0n) is 35.3. The van der Waals surface area contributed by atoms with Crippen molar-refractivity contribution in [1.29, 1.82) is 0 Å². The van der Waals surface area contributed by atoms with Crippen molar-refractivity contribution in [3.05, 3.63) is 235 Å². The summed E-state index contributed by atoms with van der Waals surface area (Å²) in [4.78, 5) is 15.0. The minimum atomic E-state index is -0.792. The van der Waals surface area contributed by atoms with Crippen LogP contribution in [-0.4, -0.2) is 19.1 Å². The van der Waals surface area contributed by atoms with Crippen LogP contribution in [-0.2, 0) is 5.41 Å². The molecule has 0 fully saturated rings. The van der Waals surface area contributed by atoms with Gasteiger partial charge < -0.3 is 18.8 Å². The van der Waals surface area contributed by atoms with E-state index in [4.69, 9.17) is 14.7 Å². The third kappa shape index (κ3) is 4.71. The predicted octanol–water partition coefficient (Wildman–Crippen LogP) is 15.1. The largest absolute Gasteiger partial charge is 0.457 e. The van der Waals surface area contributed by atoms with E-state index >= 15 is 0 Å². The molecule has 1 aliphatic carbocycles.